The van der Waals surface area contributed by atoms with Gasteiger partial charge in [0.05, 0.1) is 34.6 Å². The zero-order valence-electron chi connectivity index (χ0n) is 11.2. The number of nitrogen functional groups attached to an aromatic ring is 1. The Hall–Kier alpha value is -2.48. The van der Waals surface area contributed by atoms with Crippen molar-refractivity contribution in [1.29, 1.82) is 10.5 Å². The molecule has 6 nitrogen and oxygen atoms in total. The van der Waals surface area contributed by atoms with Gasteiger partial charge >= 0.3 is 5.97 Å². The van der Waals surface area contributed by atoms with Crippen molar-refractivity contribution in [3.63, 3.8) is 0 Å². The average Bonchev–Trinajstić information content (AvgIpc) is 2.84. The lowest BCUT2D eigenvalue weighted by Crippen LogP contribution is -2.12. The van der Waals surface area contributed by atoms with Gasteiger partial charge in [0, 0.05) is 10.7 Å². The molecule has 1 heterocycles. The van der Waals surface area contributed by atoms with Crippen LogP contribution >= 0.6 is 27.5 Å². The first-order chi connectivity index (χ1) is 10.5. The van der Waals surface area contributed by atoms with Gasteiger partial charge in [-0.15, -0.1) is 0 Å². The molecule has 1 aromatic carbocycles. The molecule has 0 aliphatic rings. The molecule has 110 valence electrons. The smallest absolute Gasteiger partial charge is 0.357 e. The number of rotatable bonds is 2. The van der Waals surface area contributed by atoms with Crippen LogP contribution in [-0.2, 0) is 4.74 Å². The zero-order valence-corrected chi connectivity index (χ0v) is 13.6. The van der Waals surface area contributed by atoms with E-state index in [9.17, 15) is 10.1 Å². The number of methoxy groups -OCH3 is 1. The predicted molar refractivity (Wildman–Crippen MR) is 83.7 cm³/mol. The second-order valence-corrected chi connectivity index (χ2v) is 5.40. The van der Waals surface area contributed by atoms with Crippen LogP contribution in [0.2, 0.25) is 5.02 Å². The maximum Gasteiger partial charge on any atom is 0.357 e. The van der Waals surface area contributed by atoms with Gasteiger partial charge < -0.3 is 15.0 Å². The van der Waals surface area contributed by atoms with Gasteiger partial charge in [-0.1, -0.05) is 11.6 Å². The van der Waals surface area contributed by atoms with E-state index in [0.717, 1.165) is 0 Å². The summed E-state index contributed by atoms with van der Waals surface area (Å²) in [6.45, 7) is 0. The second kappa shape index (κ2) is 6.10. The van der Waals surface area contributed by atoms with Crippen LogP contribution in [0.5, 0.6) is 0 Å². The Morgan fingerprint density at radius 3 is 2.64 bits per heavy atom. The molecule has 2 rings (SSSR count). The van der Waals surface area contributed by atoms with Gasteiger partial charge in [0.2, 0.25) is 0 Å². The van der Waals surface area contributed by atoms with Crippen molar-refractivity contribution < 1.29 is 9.53 Å². The first kappa shape index (κ1) is 15.9. The van der Waals surface area contributed by atoms with E-state index in [1.165, 1.54) is 17.9 Å². The van der Waals surface area contributed by atoms with Crippen LogP contribution in [0.15, 0.2) is 22.8 Å². The Balaban J connectivity index is 2.91. The summed E-state index contributed by atoms with van der Waals surface area (Å²) in [5.41, 5.74) is 6.27. The summed E-state index contributed by atoms with van der Waals surface area (Å²) < 4.78 is 6.49. The van der Waals surface area contributed by atoms with E-state index in [0.29, 0.717) is 4.47 Å². The first-order valence-electron chi connectivity index (χ1n) is 5.84. The number of ether oxygens (including phenoxy) is 1. The van der Waals surface area contributed by atoms with E-state index < -0.39 is 5.97 Å². The second-order valence-electron chi connectivity index (χ2n) is 4.14. The summed E-state index contributed by atoms with van der Waals surface area (Å²) in [5.74, 6) is -0.737. The minimum absolute atomic E-state index is 0.0331. The normalized spacial score (nSPS) is 9.86. The Kier molecular flexibility index (Phi) is 4.41. The topological polar surface area (TPSA) is 105 Å². The Labute approximate surface area is 139 Å². The number of benzene rings is 1. The third-order valence-electron chi connectivity index (χ3n) is 2.97. The lowest BCUT2D eigenvalue weighted by atomic mass is 10.2. The molecule has 0 saturated carbocycles. The number of nitriles is 2. The molecule has 22 heavy (non-hydrogen) atoms. The van der Waals surface area contributed by atoms with Crippen molar-refractivity contribution in [3.05, 3.63) is 44.6 Å². The van der Waals surface area contributed by atoms with Gasteiger partial charge in [0.1, 0.15) is 12.1 Å². The molecule has 2 aromatic rings. The molecule has 0 atom stereocenters. The number of carbonyl (C=O) groups is 1. The molecule has 0 aliphatic carbocycles. The number of hydrogen-bond donors (Lipinski definition) is 1. The lowest BCUT2D eigenvalue weighted by molar-refractivity contribution is 0.0593. The molecule has 8 heteroatoms. The van der Waals surface area contributed by atoms with E-state index in [-0.39, 0.29) is 33.2 Å². The third kappa shape index (κ3) is 2.41. The lowest BCUT2D eigenvalue weighted by Gasteiger charge is -2.12. The third-order valence-corrected chi connectivity index (χ3v) is 3.94. The fraction of sp³-hybridized carbons (Fsp3) is 0.0714. The average molecular weight is 380 g/mol. The van der Waals surface area contributed by atoms with Crippen molar-refractivity contribution >= 4 is 39.2 Å². The number of esters is 1. The van der Waals surface area contributed by atoms with E-state index in [1.807, 2.05) is 12.1 Å². The number of nitrogens with zero attached hydrogens (tertiary/aromatic N) is 3. The highest BCUT2D eigenvalue weighted by atomic mass is 79.9. The van der Waals surface area contributed by atoms with Crippen LogP contribution in [0.4, 0.5) is 5.69 Å². The molecule has 0 unspecified atom stereocenters. The van der Waals surface area contributed by atoms with Gasteiger partial charge in [-0.25, -0.2) is 4.79 Å². The van der Waals surface area contributed by atoms with Crippen LogP contribution < -0.4 is 5.73 Å². The van der Waals surface area contributed by atoms with Gasteiger partial charge in [-0.2, -0.15) is 10.5 Å². The molecule has 0 fully saturated rings. The highest BCUT2D eigenvalue weighted by Crippen LogP contribution is 2.34. The zero-order chi connectivity index (χ0) is 16.4. The Morgan fingerprint density at radius 2 is 2.09 bits per heavy atom. The highest BCUT2D eigenvalue weighted by molar-refractivity contribution is 9.10. The van der Waals surface area contributed by atoms with Gasteiger partial charge in [0.25, 0.3) is 0 Å². The van der Waals surface area contributed by atoms with E-state index in [4.69, 9.17) is 27.3 Å². The highest BCUT2D eigenvalue weighted by Gasteiger charge is 2.25. The summed E-state index contributed by atoms with van der Waals surface area (Å²) in [5, 5.41) is 18.7. The van der Waals surface area contributed by atoms with Gasteiger partial charge in [0.15, 0.2) is 5.69 Å². The summed E-state index contributed by atoms with van der Waals surface area (Å²) >= 11 is 9.42. The maximum absolute atomic E-state index is 12.0. The molecule has 0 saturated heterocycles. The molecule has 0 spiro atoms. The first-order valence-corrected chi connectivity index (χ1v) is 7.01. The SMILES string of the molecule is COC(=O)c1c(N)c(C#N)cn1-c1c(Cl)ccc(Br)c1C#N. The van der Waals surface area contributed by atoms with Gasteiger partial charge in [-0.05, 0) is 28.1 Å². The Morgan fingerprint density at radius 1 is 1.41 bits per heavy atom. The van der Waals surface area contributed by atoms with Crippen molar-refractivity contribution in [2.45, 2.75) is 0 Å². The fourth-order valence-corrected chi connectivity index (χ4v) is 2.63. The minimum atomic E-state index is -0.737. The van der Waals surface area contributed by atoms with Crippen LogP contribution in [0.25, 0.3) is 5.69 Å². The van der Waals surface area contributed by atoms with Crippen LogP contribution in [0.1, 0.15) is 21.6 Å². The molecular formula is C14H8BrClN4O2. The number of hydrogen-bond acceptors (Lipinski definition) is 5. The fourth-order valence-electron chi connectivity index (χ4n) is 1.97. The molecule has 0 aliphatic heterocycles. The minimum Gasteiger partial charge on any atom is -0.464 e. The summed E-state index contributed by atoms with van der Waals surface area (Å²) in [7, 11) is 1.19. The molecule has 0 radical (unpaired) electrons. The van der Waals surface area contributed by atoms with Crippen LogP contribution in [0, 0.1) is 22.7 Å². The number of anilines is 1. The largest absolute Gasteiger partial charge is 0.464 e. The summed E-state index contributed by atoms with van der Waals surface area (Å²) in [4.78, 5) is 12.0. The number of aromatic nitrogens is 1. The number of carbonyl (C=O) groups excluding carboxylic acids is 1. The summed E-state index contributed by atoms with van der Waals surface area (Å²) in [6, 6.07) is 7.06. The number of halogens is 2. The predicted octanol–water partition coefficient (Wildman–Crippen LogP) is 3.01. The van der Waals surface area contributed by atoms with Crippen LogP contribution in [-0.4, -0.2) is 17.6 Å². The van der Waals surface area contributed by atoms with Crippen molar-refractivity contribution in [2.75, 3.05) is 12.8 Å². The van der Waals surface area contributed by atoms with E-state index in [2.05, 4.69) is 15.9 Å². The van der Waals surface area contributed by atoms with E-state index in [1.54, 1.807) is 12.1 Å². The number of nitrogens with two attached hydrogens (primary N) is 1. The quantitative estimate of drug-likeness (QED) is 0.808. The maximum atomic E-state index is 12.0. The van der Waals surface area contributed by atoms with Crippen molar-refractivity contribution in [1.82, 2.24) is 4.57 Å². The monoisotopic (exact) mass is 378 g/mol. The van der Waals surface area contributed by atoms with Gasteiger partial charge in [-0.3, -0.25) is 0 Å². The molecule has 0 bridgehead atoms. The molecule has 2 N–H and O–H groups in total. The molecule has 1 aromatic heterocycles. The standard InChI is InChI=1S/C14H8BrClN4O2/c1-22-14(21)13-11(19)7(4-17)6-20(13)12-8(5-18)9(15)2-3-10(12)16/h2-3,6H,19H2,1H3. The van der Waals surface area contributed by atoms with Crippen LogP contribution in [0.3, 0.4) is 0 Å². The molecule has 0 amide bonds. The van der Waals surface area contributed by atoms with Crippen molar-refractivity contribution in [2.24, 2.45) is 0 Å². The van der Waals surface area contributed by atoms with E-state index >= 15 is 0 Å². The molecular weight excluding hydrogens is 372 g/mol. The Bertz CT molecular complexity index is 861. The van der Waals surface area contributed by atoms with Crippen molar-refractivity contribution in [3.8, 4) is 17.8 Å². The summed E-state index contributed by atoms with van der Waals surface area (Å²) in [6.07, 6.45) is 1.34.